The molecule has 0 unspecified atom stereocenters. The van der Waals surface area contributed by atoms with Gasteiger partial charge in [0.2, 0.25) is 0 Å². The Labute approximate surface area is 140 Å². The molecule has 5 heteroatoms. The number of halogens is 1. The van der Waals surface area contributed by atoms with Gasteiger partial charge in [-0.1, -0.05) is 41.9 Å². The highest BCUT2D eigenvalue weighted by atomic mass is 35.5. The fraction of sp³-hybridized carbons (Fsp3) is 0.167. The molecule has 0 saturated carbocycles. The number of hydrogen-bond donors (Lipinski definition) is 1. The molecule has 0 saturated heterocycles. The first-order valence-electron chi connectivity index (χ1n) is 7.41. The van der Waals surface area contributed by atoms with Crippen LogP contribution in [-0.2, 0) is 6.42 Å². The molecule has 0 radical (unpaired) electrons. The van der Waals surface area contributed by atoms with Gasteiger partial charge < -0.3 is 10.5 Å². The van der Waals surface area contributed by atoms with Gasteiger partial charge in [0.1, 0.15) is 5.75 Å². The number of nitrogens with two attached hydrogens (primary N) is 1. The standard InChI is InChI=1S/C18H18ClN3O/c1-23-18-8-7-15(12-16(18)19)22-17(11-14(21-22)9-10-20)13-5-3-2-4-6-13/h2-8,11-12H,9-10,20H2,1H3. The molecule has 0 bridgehead atoms. The van der Waals surface area contributed by atoms with Gasteiger partial charge in [0.05, 0.1) is 29.2 Å². The smallest absolute Gasteiger partial charge is 0.137 e. The van der Waals surface area contributed by atoms with Gasteiger partial charge in [-0.25, -0.2) is 4.68 Å². The first-order valence-corrected chi connectivity index (χ1v) is 7.79. The maximum Gasteiger partial charge on any atom is 0.137 e. The van der Waals surface area contributed by atoms with Crippen LogP contribution in [0.4, 0.5) is 0 Å². The Morgan fingerprint density at radius 3 is 2.57 bits per heavy atom. The Kier molecular flexibility index (Phi) is 4.65. The van der Waals surface area contributed by atoms with E-state index in [1.807, 2.05) is 41.1 Å². The second kappa shape index (κ2) is 6.86. The highest BCUT2D eigenvalue weighted by molar-refractivity contribution is 6.32. The lowest BCUT2D eigenvalue weighted by atomic mass is 10.1. The van der Waals surface area contributed by atoms with Crippen LogP contribution >= 0.6 is 11.6 Å². The van der Waals surface area contributed by atoms with Crippen molar-refractivity contribution in [2.45, 2.75) is 6.42 Å². The monoisotopic (exact) mass is 327 g/mol. The minimum Gasteiger partial charge on any atom is -0.495 e. The topological polar surface area (TPSA) is 53.1 Å². The summed E-state index contributed by atoms with van der Waals surface area (Å²) in [6.07, 6.45) is 0.733. The molecule has 0 fully saturated rings. The summed E-state index contributed by atoms with van der Waals surface area (Å²) >= 11 is 6.26. The van der Waals surface area contributed by atoms with Crippen molar-refractivity contribution >= 4 is 11.6 Å². The van der Waals surface area contributed by atoms with Gasteiger partial charge >= 0.3 is 0 Å². The average molecular weight is 328 g/mol. The zero-order valence-electron chi connectivity index (χ0n) is 12.9. The summed E-state index contributed by atoms with van der Waals surface area (Å²) in [5, 5.41) is 5.24. The van der Waals surface area contributed by atoms with E-state index in [9.17, 15) is 0 Å². The molecular weight excluding hydrogens is 310 g/mol. The lowest BCUT2D eigenvalue weighted by Crippen LogP contribution is -2.04. The number of hydrogen-bond acceptors (Lipinski definition) is 3. The molecular formula is C18H18ClN3O. The summed E-state index contributed by atoms with van der Waals surface area (Å²) in [5.74, 6) is 0.644. The Balaban J connectivity index is 2.12. The maximum absolute atomic E-state index is 6.26. The van der Waals surface area contributed by atoms with Gasteiger partial charge in [-0.3, -0.25) is 0 Å². The van der Waals surface area contributed by atoms with Crippen LogP contribution in [0.1, 0.15) is 5.69 Å². The van der Waals surface area contributed by atoms with E-state index in [2.05, 4.69) is 23.3 Å². The molecule has 1 heterocycles. The lowest BCUT2D eigenvalue weighted by Gasteiger charge is -2.10. The Morgan fingerprint density at radius 1 is 1.13 bits per heavy atom. The quantitative estimate of drug-likeness (QED) is 0.777. The molecule has 4 nitrogen and oxygen atoms in total. The van der Waals surface area contributed by atoms with Crippen molar-refractivity contribution in [3.8, 4) is 22.7 Å². The van der Waals surface area contributed by atoms with Gasteiger partial charge in [-0.05, 0) is 30.8 Å². The fourth-order valence-corrected chi connectivity index (χ4v) is 2.75. The molecule has 118 valence electrons. The van der Waals surface area contributed by atoms with Gasteiger partial charge in [0.15, 0.2) is 0 Å². The molecule has 1 aromatic heterocycles. The molecule has 3 rings (SSSR count). The van der Waals surface area contributed by atoms with Crippen molar-refractivity contribution in [3.05, 3.63) is 65.3 Å². The molecule has 0 aliphatic heterocycles. The van der Waals surface area contributed by atoms with E-state index < -0.39 is 0 Å². The normalized spacial score (nSPS) is 10.7. The van der Waals surface area contributed by atoms with Crippen LogP contribution in [0.5, 0.6) is 5.75 Å². The zero-order chi connectivity index (χ0) is 16.2. The molecule has 0 amide bonds. The van der Waals surface area contributed by atoms with Crippen LogP contribution in [0.2, 0.25) is 5.02 Å². The van der Waals surface area contributed by atoms with Crippen molar-refractivity contribution in [1.82, 2.24) is 9.78 Å². The van der Waals surface area contributed by atoms with Crippen molar-refractivity contribution in [1.29, 1.82) is 0 Å². The van der Waals surface area contributed by atoms with Gasteiger partial charge in [0, 0.05) is 12.0 Å². The number of nitrogens with zero attached hydrogens (tertiary/aromatic N) is 2. The minimum absolute atomic E-state index is 0.555. The molecule has 2 aromatic carbocycles. The summed E-state index contributed by atoms with van der Waals surface area (Å²) < 4.78 is 7.11. The van der Waals surface area contributed by atoms with Gasteiger partial charge in [-0.2, -0.15) is 5.10 Å². The summed E-state index contributed by atoms with van der Waals surface area (Å²) in [6.45, 7) is 0.564. The molecule has 2 N–H and O–H groups in total. The SMILES string of the molecule is COc1ccc(-n2nc(CCN)cc2-c2ccccc2)cc1Cl. The number of methoxy groups -OCH3 is 1. The largest absolute Gasteiger partial charge is 0.495 e. The third-order valence-electron chi connectivity index (χ3n) is 3.61. The second-order valence-electron chi connectivity index (χ2n) is 5.16. The second-order valence-corrected chi connectivity index (χ2v) is 5.56. The van der Waals surface area contributed by atoms with Gasteiger partial charge in [-0.15, -0.1) is 0 Å². The van der Waals surface area contributed by atoms with Crippen LogP contribution in [0.15, 0.2) is 54.6 Å². The van der Waals surface area contributed by atoms with E-state index in [1.165, 1.54) is 0 Å². The van der Waals surface area contributed by atoms with E-state index in [-0.39, 0.29) is 0 Å². The average Bonchev–Trinajstić information content (AvgIpc) is 3.00. The molecule has 0 aliphatic carbocycles. The lowest BCUT2D eigenvalue weighted by molar-refractivity contribution is 0.415. The number of benzene rings is 2. The van der Waals surface area contributed by atoms with Crippen molar-refractivity contribution in [2.75, 3.05) is 13.7 Å². The molecule has 23 heavy (non-hydrogen) atoms. The van der Waals surface area contributed by atoms with E-state index in [0.29, 0.717) is 17.3 Å². The van der Waals surface area contributed by atoms with Crippen LogP contribution in [0.25, 0.3) is 16.9 Å². The number of aromatic nitrogens is 2. The van der Waals surface area contributed by atoms with Crippen LogP contribution in [-0.4, -0.2) is 23.4 Å². The number of ether oxygens (including phenoxy) is 1. The Hall–Kier alpha value is -2.30. The summed E-state index contributed by atoms with van der Waals surface area (Å²) in [4.78, 5) is 0. The third kappa shape index (κ3) is 3.23. The van der Waals surface area contributed by atoms with Crippen molar-refractivity contribution in [2.24, 2.45) is 5.73 Å². The molecule has 3 aromatic rings. The van der Waals surface area contributed by atoms with E-state index in [1.54, 1.807) is 7.11 Å². The zero-order valence-corrected chi connectivity index (χ0v) is 13.6. The van der Waals surface area contributed by atoms with Crippen LogP contribution in [0.3, 0.4) is 0 Å². The minimum atomic E-state index is 0.555. The first kappa shape index (κ1) is 15.6. The fourth-order valence-electron chi connectivity index (χ4n) is 2.50. The number of rotatable bonds is 5. The maximum atomic E-state index is 6.26. The Bertz CT molecular complexity index is 799. The molecule has 0 atom stereocenters. The van der Waals surface area contributed by atoms with Crippen LogP contribution < -0.4 is 10.5 Å². The highest BCUT2D eigenvalue weighted by Gasteiger charge is 2.12. The van der Waals surface area contributed by atoms with E-state index >= 15 is 0 Å². The predicted molar refractivity (Wildman–Crippen MR) is 93.3 cm³/mol. The van der Waals surface area contributed by atoms with Crippen molar-refractivity contribution < 1.29 is 4.74 Å². The Morgan fingerprint density at radius 2 is 1.91 bits per heavy atom. The predicted octanol–water partition coefficient (Wildman–Crippen LogP) is 3.70. The highest BCUT2D eigenvalue weighted by Crippen LogP contribution is 2.29. The van der Waals surface area contributed by atoms with Gasteiger partial charge in [0.25, 0.3) is 0 Å². The van der Waals surface area contributed by atoms with Crippen LogP contribution in [0, 0.1) is 0 Å². The molecule has 0 aliphatic rings. The summed E-state index contributed by atoms with van der Waals surface area (Å²) in [6, 6.07) is 17.8. The van der Waals surface area contributed by atoms with Crippen molar-refractivity contribution in [3.63, 3.8) is 0 Å². The van der Waals surface area contributed by atoms with E-state index in [4.69, 9.17) is 22.1 Å². The van der Waals surface area contributed by atoms with E-state index in [0.717, 1.165) is 29.1 Å². The summed E-state index contributed by atoms with van der Waals surface area (Å²) in [5.41, 5.74) is 9.62. The first-order chi connectivity index (χ1) is 11.2. The summed E-state index contributed by atoms with van der Waals surface area (Å²) in [7, 11) is 1.60. The molecule has 0 spiro atoms. The third-order valence-corrected chi connectivity index (χ3v) is 3.91.